The molecule has 1 fully saturated rings. The summed E-state index contributed by atoms with van der Waals surface area (Å²) in [4.78, 5) is 15.6. The van der Waals surface area contributed by atoms with Crippen LogP contribution in [-0.4, -0.2) is 29.7 Å². The van der Waals surface area contributed by atoms with Crippen molar-refractivity contribution < 1.29 is 9.53 Å². The second kappa shape index (κ2) is 8.46. The van der Waals surface area contributed by atoms with Crippen molar-refractivity contribution in [3.8, 4) is 22.3 Å². The van der Waals surface area contributed by atoms with E-state index in [1.54, 1.807) is 0 Å². The van der Waals surface area contributed by atoms with Crippen molar-refractivity contribution in [2.24, 2.45) is 0 Å². The molecule has 0 radical (unpaired) electrons. The van der Waals surface area contributed by atoms with E-state index in [0.717, 1.165) is 19.3 Å². The number of carbonyl (C=O) groups excluding carboxylic acids is 1. The summed E-state index contributed by atoms with van der Waals surface area (Å²) in [5, 5.41) is 0. The Kier molecular flexibility index (Phi) is 4.88. The number of carbonyl (C=O) groups is 1. The second-order valence-corrected chi connectivity index (χ2v) is 11.1. The van der Waals surface area contributed by atoms with Crippen LogP contribution in [0.15, 0.2) is 109 Å². The van der Waals surface area contributed by atoms with Crippen LogP contribution < -0.4 is 0 Å². The van der Waals surface area contributed by atoms with Gasteiger partial charge in [-0.15, -0.1) is 0 Å². The molecule has 2 aliphatic heterocycles. The van der Waals surface area contributed by atoms with E-state index in [4.69, 9.17) is 4.74 Å². The van der Waals surface area contributed by atoms with Crippen molar-refractivity contribution in [3.63, 3.8) is 0 Å². The summed E-state index contributed by atoms with van der Waals surface area (Å²) >= 11 is 0. The van der Waals surface area contributed by atoms with Crippen LogP contribution >= 0.6 is 0 Å². The normalized spacial score (nSPS) is 20.9. The van der Waals surface area contributed by atoms with Crippen LogP contribution in [0.4, 0.5) is 4.79 Å². The monoisotopic (exact) mass is 495 g/mol. The lowest BCUT2D eigenvalue weighted by Gasteiger charge is -2.35. The Labute approximate surface area is 223 Å². The Morgan fingerprint density at radius 2 is 1.18 bits per heavy atom. The topological polar surface area (TPSA) is 29.5 Å². The third-order valence-electron chi connectivity index (χ3n) is 9.18. The highest BCUT2D eigenvalue weighted by Crippen LogP contribution is 2.51. The van der Waals surface area contributed by atoms with Crippen LogP contribution in [0.2, 0.25) is 0 Å². The molecule has 2 atom stereocenters. The van der Waals surface area contributed by atoms with Crippen LogP contribution in [0, 0.1) is 0 Å². The van der Waals surface area contributed by atoms with Gasteiger partial charge in [-0.1, -0.05) is 109 Å². The lowest BCUT2D eigenvalue weighted by Crippen LogP contribution is -2.44. The van der Waals surface area contributed by atoms with E-state index in [2.05, 4.69) is 103 Å². The van der Waals surface area contributed by atoms with Crippen LogP contribution in [0.5, 0.6) is 0 Å². The number of hydrogen-bond donors (Lipinski definition) is 0. The molecule has 2 heterocycles. The SMILES string of the molecule is O=C(OCC1c2ccccc2-c2ccccc21)N1C2C=C(C3c4ccccc4-c4ccccc43)CC1CC2. The third-order valence-corrected chi connectivity index (χ3v) is 9.18. The molecule has 3 nitrogen and oxygen atoms in total. The number of amides is 1. The highest BCUT2D eigenvalue weighted by Gasteiger charge is 2.44. The minimum absolute atomic E-state index is 0.0892. The summed E-state index contributed by atoms with van der Waals surface area (Å²) in [6, 6.07) is 34.9. The van der Waals surface area contributed by atoms with Gasteiger partial charge in [0.15, 0.2) is 0 Å². The minimum Gasteiger partial charge on any atom is -0.448 e. The van der Waals surface area contributed by atoms with Crippen LogP contribution in [0.3, 0.4) is 0 Å². The van der Waals surface area contributed by atoms with Gasteiger partial charge in [-0.25, -0.2) is 4.79 Å². The molecule has 4 aliphatic rings. The molecule has 0 aromatic heterocycles. The van der Waals surface area contributed by atoms with Gasteiger partial charge in [-0.3, -0.25) is 4.90 Å². The fourth-order valence-corrected chi connectivity index (χ4v) is 7.59. The summed E-state index contributed by atoms with van der Waals surface area (Å²) in [6.07, 6.45) is 5.17. The summed E-state index contributed by atoms with van der Waals surface area (Å²) in [6.45, 7) is 0.378. The fraction of sp³-hybridized carbons (Fsp3) is 0.229. The Hall–Kier alpha value is -4.11. The largest absolute Gasteiger partial charge is 0.448 e. The molecule has 8 rings (SSSR count). The van der Waals surface area contributed by atoms with Crippen molar-refractivity contribution in [2.75, 3.05) is 6.61 Å². The molecule has 2 unspecified atom stereocenters. The summed E-state index contributed by atoms with van der Waals surface area (Å²) < 4.78 is 6.09. The predicted octanol–water partition coefficient (Wildman–Crippen LogP) is 7.91. The van der Waals surface area contributed by atoms with Gasteiger partial charge in [-0.2, -0.15) is 0 Å². The molecule has 186 valence electrons. The molecule has 4 aromatic carbocycles. The number of benzene rings is 4. The number of ether oxygens (including phenoxy) is 1. The lowest BCUT2D eigenvalue weighted by molar-refractivity contribution is 0.0848. The number of rotatable bonds is 3. The van der Waals surface area contributed by atoms with E-state index in [0.29, 0.717) is 6.61 Å². The molecule has 4 aromatic rings. The third kappa shape index (κ3) is 3.18. The van der Waals surface area contributed by atoms with Crippen molar-refractivity contribution in [3.05, 3.63) is 131 Å². The molecular formula is C35H29NO2. The first-order valence-corrected chi connectivity index (χ1v) is 13.8. The first-order valence-electron chi connectivity index (χ1n) is 13.8. The lowest BCUT2D eigenvalue weighted by atomic mass is 9.83. The number of nitrogens with zero attached hydrogens (tertiary/aromatic N) is 1. The zero-order valence-electron chi connectivity index (χ0n) is 21.2. The minimum atomic E-state index is -0.165. The molecule has 3 heteroatoms. The van der Waals surface area contributed by atoms with Gasteiger partial charge in [-0.05, 0) is 63.8 Å². The predicted molar refractivity (Wildman–Crippen MR) is 150 cm³/mol. The summed E-state index contributed by atoms with van der Waals surface area (Å²) in [5.74, 6) is 0.376. The maximum absolute atomic E-state index is 13.5. The molecule has 0 spiro atoms. The Morgan fingerprint density at radius 3 is 1.74 bits per heavy atom. The number of fused-ring (bicyclic) bond motifs is 8. The molecule has 1 saturated heterocycles. The van der Waals surface area contributed by atoms with E-state index in [9.17, 15) is 4.79 Å². The van der Waals surface area contributed by atoms with Crippen LogP contribution in [0.1, 0.15) is 53.4 Å². The van der Waals surface area contributed by atoms with E-state index in [-0.39, 0.29) is 30.0 Å². The van der Waals surface area contributed by atoms with E-state index in [1.165, 1.54) is 50.1 Å². The van der Waals surface area contributed by atoms with Crippen LogP contribution in [0.25, 0.3) is 22.3 Å². The highest BCUT2D eigenvalue weighted by atomic mass is 16.6. The number of hydrogen-bond acceptors (Lipinski definition) is 2. The van der Waals surface area contributed by atoms with Gasteiger partial charge in [0.1, 0.15) is 6.61 Å². The molecule has 0 N–H and O–H groups in total. The Balaban J connectivity index is 1.05. The van der Waals surface area contributed by atoms with Crippen molar-refractivity contribution in [2.45, 2.75) is 43.2 Å². The molecule has 2 bridgehead atoms. The second-order valence-electron chi connectivity index (χ2n) is 11.1. The summed E-state index contributed by atoms with van der Waals surface area (Å²) in [5.41, 5.74) is 12.0. The average Bonchev–Trinajstić information content (AvgIpc) is 3.57. The van der Waals surface area contributed by atoms with Crippen LogP contribution in [-0.2, 0) is 4.74 Å². The van der Waals surface area contributed by atoms with Gasteiger partial charge in [0.2, 0.25) is 0 Å². The van der Waals surface area contributed by atoms with Crippen molar-refractivity contribution >= 4 is 6.09 Å². The molecular weight excluding hydrogens is 466 g/mol. The zero-order valence-corrected chi connectivity index (χ0v) is 21.2. The van der Waals surface area contributed by atoms with Crippen molar-refractivity contribution in [1.29, 1.82) is 0 Å². The fourth-order valence-electron chi connectivity index (χ4n) is 7.59. The first kappa shape index (κ1) is 21.9. The van der Waals surface area contributed by atoms with Crippen molar-refractivity contribution in [1.82, 2.24) is 4.90 Å². The summed E-state index contributed by atoms with van der Waals surface area (Å²) in [7, 11) is 0. The molecule has 0 saturated carbocycles. The Morgan fingerprint density at radius 1 is 0.684 bits per heavy atom. The van der Waals surface area contributed by atoms with E-state index < -0.39 is 0 Å². The molecule has 1 amide bonds. The highest BCUT2D eigenvalue weighted by molar-refractivity contribution is 5.81. The molecule has 38 heavy (non-hydrogen) atoms. The van der Waals surface area contributed by atoms with Gasteiger partial charge in [0.25, 0.3) is 0 Å². The standard InChI is InChI=1S/C35H29NO2/c37-35(38-21-33-29-13-3-1-9-25(29)26-10-2-4-14-30(26)33)36-23-17-18-24(36)20-22(19-23)34-31-15-7-5-11-27(31)28-12-6-8-16-32(28)34/h1-16,19,23-24,33-34H,17-18,20-21H2. The van der Waals surface area contributed by atoms with Gasteiger partial charge in [0.05, 0.1) is 6.04 Å². The first-order chi connectivity index (χ1) is 18.8. The Bertz CT molecular complexity index is 1530. The van der Waals surface area contributed by atoms with E-state index >= 15 is 0 Å². The quantitative estimate of drug-likeness (QED) is 0.270. The maximum Gasteiger partial charge on any atom is 0.410 e. The van der Waals surface area contributed by atoms with Gasteiger partial charge >= 0.3 is 6.09 Å². The smallest absolute Gasteiger partial charge is 0.410 e. The molecule has 2 aliphatic carbocycles. The van der Waals surface area contributed by atoms with Gasteiger partial charge < -0.3 is 4.74 Å². The van der Waals surface area contributed by atoms with E-state index in [1.807, 2.05) is 4.90 Å². The zero-order chi connectivity index (χ0) is 25.2. The average molecular weight is 496 g/mol. The van der Waals surface area contributed by atoms with Gasteiger partial charge in [0, 0.05) is 17.9 Å². The maximum atomic E-state index is 13.5.